The first-order valence-corrected chi connectivity index (χ1v) is 26.4. The molecule has 0 amide bonds. The number of hydrogen-bond donors (Lipinski definition) is 2. The summed E-state index contributed by atoms with van der Waals surface area (Å²) in [5, 5.41) is 9.71. The molecule has 3 N–H and O–H groups in total. The molecule has 5 heterocycles. The zero-order chi connectivity index (χ0) is 42.8. The Morgan fingerprint density at radius 1 is 0.842 bits per heavy atom. The summed E-state index contributed by atoms with van der Waals surface area (Å²) in [5.74, 6) is 0. The number of aliphatic hydroxyl groups excluding tert-OH is 1. The van der Waals surface area contributed by atoms with Crippen LogP contribution in [0.1, 0.15) is 71.5 Å². The predicted octanol–water partition coefficient (Wildman–Crippen LogP) is 2.69. The summed E-state index contributed by atoms with van der Waals surface area (Å²) in [6, 6.07) is 0. The van der Waals surface area contributed by atoms with Crippen LogP contribution in [0.2, 0.25) is 36.3 Å². The summed E-state index contributed by atoms with van der Waals surface area (Å²) < 4.78 is 62.7. The lowest BCUT2D eigenvalue weighted by Crippen LogP contribution is -2.59. The molecule has 6 atom stereocenters. The quantitative estimate of drug-likeness (QED) is 0.179. The third-order valence-electron chi connectivity index (χ3n) is 12.1. The van der Waals surface area contributed by atoms with Crippen molar-refractivity contribution >= 4 is 26.8 Å². The molecule has 3 aliphatic rings. The summed E-state index contributed by atoms with van der Waals surface area (Å²) in [6.07, 6.45) is 0.795. The van der Waals surface area contributed by atoms with E-state index in [2.05, 4.69) is 20.8 Å². The van der Waals surface area contributed by atoms with Crippen molar-refractivity contribution in [3.05, 3.63) is 88.5 Å². The summed E-state index contributed by atoms with van der Waals surface area (Å²) in [6.45, 7) is 22.6. The summed E-state index contributed by atoms with van der Waals surface area (Å²) in [5.41, 5.74) is 2.38. The molecular formula is C37H59N5O12SSi2. The second-order valence-corrected chi connectivity index (χ2v) is 29.2. The average molecular weight is 854 g/mol. The first kappa shape index (κ1) is 44.9. The van der Waals surface area contributed by atoms with Crippen molar-refractivity contribution in [2.75, 3.05) is 13.2 Å². The van der Waals surface area contributed by atoms with Gasteiger partial charge in [0.1, 0.15) is 18.3 Å². The Kier molecular flexibility index (Phi) is 12.1. The highest BCUT2D eigenvalue weighted by Gasteiger charge is 2.67. The highest BCUT2D eigenvalue weighted by atomic mass is 32.2. The van der Waals surface area contributed by atoms with Gasteiger partial charge in [-0.3, -0.25) is 27.9 Å². The van der Waals surface area contributed by atoms with Crippen LogP contribution in [-0.2, 0) is 45.7 Å². The lowest BCUT2D eigenvalue weighted by molar-refractivity contribution is -0.0567. The Morgan fingerprint density at radius 3 is 1.84 bits per heavy atom. The van der Waals surface area contributed by atoms with Crippen molar-refractivity contribution in [1.29, 1.82) is 0 Å². The first-order valence-electron chi connectivity index (χ1n) is 19.1. The third kappa shape index (κ3) is 8.34. The minimum Gasteiger partial charge on any atom is -0.414 e. The number of nitrogens with zero attached hydrogens (tertiary/aromatic N) is 4. The topological polar surface area (TPSA) is 215 Å². The highest BCUT2D eigenvalue weighted by molar-refractivity contribution is 7.90. The van der Waals surface area contributed by atoms with Gasteiger partial charge < -0.3 is 29.2 Å². The molecule has 0 aromatic carbocycles. The molecule has 0 saturated carbocycles. The van der Waals surface area contributed by atoms with Crippen LogP contribution in [0.5, 0.6) is 0 Å². The van der Waals surface area contributed by atoms with E-state index in [1.165, 1.54) is 28.5 Å². The Morgan fingerprint density at radius 2 is 1.37 bits per heavy atom. The zero-order valence-corrected chi connectivity index (χ0v) is 37.8. The molecule has 3 aliphatic heterocycles. The molecule has 318 valence electrons. The van der Waals surface area contributed by atoms with Crippen molar-refractivity contribution < 1.29 is 36.0 Å². The Bertz CT molecular complexity index is 2300. The second-order valence-electron chi connectivity index (χ2n) is 18.2. The SMILES string of the molecule is Cc1cn([C@@H]2O[C@H](CO[Si](C)(C)C(C)(C)C)C3(OS(=O)(=O)C=C3N)C2O[Si](C)(C)C(C)(C)C)c(=O)n(CCCn2c(=O)c(C)cn([C@H]3C=C[C@@H](CO)O3)c2=O)c1=O. The zero-order valence-electron chi connectivity index (χ0n) is 35.0. The van der Waals surface area contributed by atoms with Gasteiger partial charge in [-0.2, -0.15) is 8.42 Å². The monoisotopic (exact) mass is 853 g/mol. The van der Waals surface area contributed by atoms with Crippen LogP contribution in [0.4, 0.5) is 0 Å². The number of nitrogens with two attached hydrogens (primary N) is 1. The molecule has 2 aromatic rings. The van der Waals surface area contributed by atoms with Crippen molar-refractivity contribution in [3.63, 3.8) is 0 Å². The fraction of sp³-hybridized carbons (Fsp3) is 0.676. The highest BCUT2D eigenvalue weighted by Crippen LogP contribution is 2.52. The van der Waals surface area contributed by atoms with Crippen molar-refractivity contribution in [2.45, 2.75) is 148 Å². The normalized spacial score (nSPS) is 26.5. The first-order chi connectivity index (χ1) is 26.1. The average Bonchev–Trinajstić information content (AvgIpc) is 3.75. The van der Waals surface area contributed by atoms with Gasteiger partial charge in [0, 0.05) is 36.6 Å². The molecule has 20 heteroatoms. The van der Waals surface area contributed by atoms with Crippen LogP contribution in [0.3, 0.4) is 0 Å². The lowest BCUT2D eigenvalue weighted by atomic mass is 9.89. The van der Waals surface area contributed by atoms with E-state index in [0.717, 1.165) is 14.5 Å². The van der Waals surface area contributed by atoms with Gasteiger partial charge in [0.15, 0.2) is 34.7 Å². The maximum Gasteiger partial charge on any atom is 0.333 e. The van der Waals surface area contributed by atoms with Crippen LogP contribution in [0, 0.1) is 13.8 Å². The molecule has 5 rings (SSSR count). The number of ether oxygens (including phenoxy) is 2. The molecule has 1 spiro atoms. The fourth-order valence-electron chi connectivity index (χ4n) is 6.63. The predicted molar refractivity (Wildman–Crippen MR) is 218 cm³/mol. The molecule has 57 heavy (non-hydrogen) atoms. The molecule has 2 aromatic heterocycles. The van der Waals surface area contributed by atoms with E-state index in [1.807, 2.05) is 47.0 Å². The van der Waals surface area contributed by atoms with E-state index >= 15 is 0 Å². The number of aliphatic hydroxyl groups is 1. The van der Waals surface area contributed by atoms with Gasteiger partial charge in [-0.15, -0.1) is 0 Å². The smallest absolute Gasteiger partial charge is 0.333 e. The van der Waals surface area contributed by atoms with Gasteiger partial charge >= 0.3 is 11.4 Å². The molecule has 0 radical (unpaired) electrons. The van der Waals surface area contributed by atoms with Gasteiger partial charge in [0.05, 0.1) is 24.3 Å². The minimum atomic E-state index is -4.32. The van der Waals surface area contributed by atoms with Crippen molar-refractivity contribution in [3.8, 4) is 0 Å². The molecule has 0 aliphatic carbocycles. The van der Waals surface area contributed by atoms with Crippen molar-refractivity contribution in [2.24, 2.45) is 5.73 Å². The maximum absolute atomic E-state index is 14.5. The van der Waals surface area contributed by atoms with E-state index in [0.29, 0.717) is 0 Å². The van der Waals surface area contributed by atoms with Crippen molar-refractivity contribution in [1.82, 2.24) is 18.3 Å². The van der Waals surface area contributed by atoms with Crippen LogP contribution >= 0.6 is 0 Å². The lowest BCUT2D eigenvalue weighted by Gasteiger charge is -2.43. The third-order valence-corrected chi connectivity index (χ3v) is 22.1. The number of aryl methyl sites for hydroxylation is 2. The van der Waals surface area contributed by atoms with Gasteiger partial charge in [-0.05, 0) is 62.6 Å². The van der Waals surface area contributed by atoms with Crippen LogP contribution in [-0.4, -0.2) is 85.6 Å². The molecule has 2 unspecified atom stereocenters. The summed E-state index contributed by atoms with van der Waals surface area (Å²) >= 11 is 0. The molecule has 1 saturated heterocycles. The standard InChI is InChI=1S/C37H59N5O12SSi2/c1-23-18-41(28-15-14-25(20-43)51-28)33(46)39(30(23)44)16-13-17-40-31(45)24(2)19-42(34(40)47)32-29(53-57(11,12)36(6,7)8)37(26(38)22-55(48,49)54-37)27(52-32)21-50-56(9,10)35(3,4)5/h14-15,18-19,22,25,27-29,32,43H,13,16-17,20-21,38H2,1-12H3/t25-,27+,28+,29?,32+,37?/m0/s1. The number of rotatable bonds is 12. The number of hydrogen-bond acceptors (Lipinski definition) is 13. The van der Waals surface area contributed by atoms with Gasteiger partial charge in [0.2, 0.25) is 0 Å². The Labute approximate surface area is 335 Å². The van der Waals surface area contributed by atoms with E-state index in [9.17, 15) is 32.7 Å². The van der Waals surface area contributed by atoms with E-state index in [4.69, 9.17) is 28.2 Å². The van der Waals surface area contributed by atoms with E-state index in [-0.39, 0.29) is 54.6 Å². The van der Waals surface area contributed by atoms with E-state index < -0.39 is 90.7 Å². The largest absolute Gasteiger partial charge is 0.414 e. The fourth-order valence-corrected chi connectivity index (χ4v) is 10.1. The van der Waals surface area contributed by atoms with Crippen LogP contribution < -0.4 is 28.2 Å². The molecular weight excluding hydrogens is 795 g/mol. The summed E-state index contributed by atoms with van der Waals surface area (Å²) in [7, 11) is -9.61. The second kappa shape index (κ2) is 15.4. The van der Waals surface area contributed by atoms with E-state index in [1.54, 1.807) is 19.1 Å². The summed E-state index contributed by atoms with van der Waals surface area (Å²) in [4.78, 5) is 54.8. The number of aromatic nitrogens is 4. The molecule has 17 nitrogen and oxygen atoms in total. The van der Waals surface area contributed by atoms with Gasteiger partial charge in [0.25, 0.3) is 21.2 Å². The Balaban J connectivity index is 1.57. The van der Waals surface area contributed by atoms with Crippen LogP contribution in [0.25, 0.3) is 0 Å². The van der Waals surface area contributed by atoms with Crippen LogP contribution in [0.15, 0.2) is 54.8 Å². The maximum atomic E-state index is 14.5. The molecule has 1 fully saturated rings. The molecule has 0 bridgehead atoms. The van der Waals surface area contributed by atoms with Gasteiger partial charge in [-0.25, -0.2) is 13.8 Å². The minimum absolute atomic E-state index is 0.0250. The Hall–Kier alpha value is -3.22. The van der Waals surface area contributed by atoms with Gasteiger partial charge in [-0.1, -0.05) is 47.6 Å².